The van der Waals surface area contributed by atoms with E-state index in [1.807, 2.05) is 0 Å². The number of carbonyl (C=O) groups is 2. The summed E-state index contributed by atoms with van der Waals surface area (Å²) in [6, 6.07) is 11.1. The smallest absolute Gasteiger partial charge is 0.328 e. The number of halogens is 2. The maximum atomic E-state index is 13.0. The lowest BCUT2D eigenvalue weighted by atomic mass is 10.2. The predicted octanol–water partition coefficient (Wildman–Crippen LogP) is 3.39. The van der Waals surface area contributed by atoms with Crippen LogP contribution in [0.3, 0.4) is 0 Å². The Balaban J connectivity index is 1.54. The van der Waals surface area contributed by atoms with Gasteiger partial charge in [0.05, 0.1) is 10.6 Å². The third kappa shape index (κ3) is 4.72. The number of hydrogen-bond donors (Lipinski definition) is 1. The molecule has 7 nitrogen and oxygen atoms in total. The van der Waals surface area contributed by atoms with Gasteiger partial charge in [0.1, 0.15) is 11.9 Å². The molecular weight excluding hydrogens is 389 g/mol. The Hall–Kier alpha value is -3.26. The van der Waals surface area contributed by atoms with Gasteiger partial charge >= 0.3 is 5.97 Å². The van der Waals surface area contributed by atoms with Gasteiger partial charge in [0, 0.05) is 5.56 Å². The first-order chi connectivity index (χ1) is 13.4. The van der Waals surface area contributed by atoms with Crippen LogP contribution in [0.5, 0.6) is 0 Å². The summed E-state index contributed by atoms with van der Waals surface area (Å²) in [4.78, 5) is 28.3. The van der Waals surface area contributed by atoms with Crippen molar-refractivity contribution in [2.45, 2.75) is 19.6 Å². The number of ether oxygens (including phenoxy) is 1. The Labute approximate surface area is 164 Å². The average Bonchev–Trinajstić information content (AvgIpc) is 3.16. The number of esters is 1. The lowest BCUT2D eigenvalue weighted by molar-refractivity contribution is -0.147. The highest BCUT2D eigenvalue weighted by molar-refractivity contribution is 6.33. The van der Waals surface area contributed by atoms with Crippen LogP contribution in [0, 0.1) is 5.82 Å². The van der Waals surface area contributed by atoms with Gasteiger partial charge in [-0.2, -0.15) is 4.98 Å². The number of carbonyl (C=O) groups excluding carboxylic acids is 2. The molecule has 0 aliphatic carbocycles. The average molecular weight is 404 g/mol. The second kappa shape index (κ2) is 8.62. The molecule has 1 aromatic heterocycles. The normalized spacial score (nSPS) is 11.7. The number of amides is 1. The standard InChI is InChI=1S/C19H15ClFN3O4/c1-11(22-17(25)14-4-2-3-5-15(14)20)19(26)27-10-16-23-18(28-24-16)12-6-8-13(21)9-7-12/h2-9,11H,10H2,1H3,(H,22,25)/t11-/m0/s1. The van der Waals surface area contributed by atoms with Crippen molar-refractivity contribution in [3.63, 3.8) is 0 Å². The van der Waals surface area contributed by atoms with E-state index in [2.05, 4.69) is 15.5 Å². The molecule has 3 aromatic rings. The van der Waals surface area contributed by atoms with Gasteiger partial charge in [0.25, 0.3) is 11.8 Å². The van der Waals surface area contributed by atoms with E-state index in [-0.39, 0.29) is 34.7 Å². The van der Waals surface area contributed by atoms with Crippen molar-refractivity contribution in [2.24, 2.45) is 0 Å². The number of nitrogens with zero attached hydrogens (tertiary/aromatic N) is 2. The van der Waals surface area contributed by atoms with Crippen LogP contribution < -0.4 is 5.32 Å². The van der Waals surface area contributed by atoms with Crippen LogP contribution in [0.4, 0.5) is 4.39 Å². The van der Waals surface area contributed by atoms with E-state index < -0.39 is 17.9 Å². The fourth-order valence-corrected chi connectivity index (χ4v) is 2.48. The van der Waals surface area contributed by atoms with Crippen molar-refractivity contribution in [2.75, 3.05) is 0 Å². The second-order valence-electron chi connectivity index (χ2n) is 5.81. The minimum Gasteiger partial charge on any atom is -0.456 e. The molecule has 1 atom stereocenters. The molecule has 0 unspecified atom stereocenters. The van der Waals surface area contributed by atoms with Crippen LogP contribution in [0.25, 0.3) is 11.5 Å². The third-order valence-electron chi connectivity index (χ3n) is 3.72. The van der Waals surface area contributed by atoms with Gasteiger partial charge in [0.15, 0.2) is 6.61 Å². The molecule has 1 N–H and O–H groups in total. The van der Waals surface area contributed by atoms with Gasteiger partial charge < -0.3 is 14.6 Å². The summed E-state index contributed by atoms with van der Waals surface area (Å²) in [7, 11) is 0. The van der Waals surface area contributed by atoms with Crippen LogP contribution >= 0.6 is 11.6 Å². The van der Waals surface area contributed by atoms with Gasteiger partial charge in [-0.3, -0.25) is 4.79 Å². The summed E-state index contributed by atoms with van der Waals surface area (Å²) in [6.07, 6.45) is 0. The molecule has 1 heterocycles. The predicted molar refractivity (Wildman–Crippen MR) is 97.9 cm³/mol. The minimum atomic E-state index is -0.910. The van der Waals surface area contributed by atoms with Crippen molar-refractivity contribution in [3.8, 4) is 11.5 Å². The molecule has 3 rings (SSSR count). The molecule has 0 saturated heterocycles. The molecular formula is C19H15ClFN3O4. The largest absolute Gasteiger partial charge is 0.456 e. The first kappa shape index (κ1) is 19.5. The molecule has 0 saturated carbocycles. The number of hydrogen-bond acceptors (Lipinski definition) is 6. The van der Waals surface area contributed by atoms with Gasteiger partial charge in [-0.25, -0.2) is 9.18 Å². The van der Waals surface area contributed by atoms with Gasteiger partial charge in [-0.1, -0.05) is 28.9 Å². The molecule has 0 aliphatic rings. The Morgan fingerprint density at radius 2 is 1.93 bits per heavy atom. The first-order valence-electron chi connectivity index (χ1n) is 8.24. The van der Waals surface area contributed by atoms with E-state index in [1.54, 1.807) is 24.3 Å². The Morgan fingerprint density at radius 3 is 2.64 bits per heavy atom. The Morgan fingerprint density at radius 1 is 1.21 bits per heavy atom. The minimum absolute atomic E-state index is 0.136. The highest BCUT2D eigenvalue weighted by Gasteiger charge is 2.20. The zero-order valence-electron chi connectivity index (χ0n) is 14.7. The highest BCUT2D eigenvalue weighted by Crippen LogP contribution is 2.18. The third-order valence-corrected chi connectivity index (χ3v) is 4.05. The highest BCUT2D eigenvalue weighted by atomic mass is 35.5. The zero-order chi connectivity index (χ0) is 20.1. The van der Waals surface area contributed by atoms with Crippen molar-refractivity contribution < 1.29 is 23.2 Å². The van der Waals surface area contributed by atoms with E-state index in [9.17, 15) is 14.0 Å². The molecule has 9 heteroatoms. The van der Waals surface area contributed by atoms with Gasteiger partial charge in [-0.15, -0.1) is 0 Å². The number of benzene rings is 2. The van der Waals surface area contributed by atoms with Crippen molar-refractivity contribution in [1.82, 2.24) is 15.5 Å². The van der Waals surface area contributed by atoms with Crippen LogP contribution in [0.2, 0.25) is 5.02 Å². The summed E-state index contributed by atoms with van der Waals surface area (Å²) in [6.45, 7) is 1.24. The summed E-state index contributed by atoms with van der Waals surface area (Å²) in [5.41, 5.74) is 0.790. The van der Waals surface area contributed by atoms with Gasteiger partial charge in [-0.05, 0) is 43.3 Å². The topological polar surface area (TPSA) is 94.3 Å². The molecule has 0 aliphatic heterocycles. The molecule has 0 bridgehead atoms. The van der Waals surface area contributed by atoms with E-state index in [1.165, 1.54) is 31.2 Å². The quantitative estimate of drug-likeness (QED) is 0.634. The monoisotopic (exact) mass is 403 g/mol. The Kier molecular flexibility index (Phi) is 6.00. The number of rotatable bonds is 6. The molecule has 0 spiro atoms. The maximum Gasteiger partial charge on any atom is 0.328 e. The zero-order valence-corrected chi connectivity index (χ0v) is 15.4. The molecule has 2 aromatic carbocycles. The first-order valence-corrected chi connectivity index (χ1v) is 8.62. The SMILES string of the molecule is C[C@H](NC(=O)c1ccccc1Cl)C(=O)OCc1noc(-c2ccc(F)cc2)n1. The van der Waals surface area contributed by atoms with E-state index in [0.717, 1.165) is 0 Å². The van der Waals surface area contributed by atoms with E-state index in [0.29, 0.717) is 5.56 Å². The second-order valence-corrected chi connectivity index (χ2v) is 6.21. The molecule has 0 fully saturated rings. The summed E-state index contributed by atoms with van der Waals surface area (Å²) >= 11 is 5.96. The lowest BCUT2D eigenvalue weighted by Gasteiger charge is -2.13. The number of nitrogens with one attached hydrogen (secondary N) is 1. The van der Waals surface area contributed by atoms with Crippen LogP contribution in [0.15, 0.2) is 53.1 Å². The van der Waals surface area contributed by atoms with Crippen LogP contribution in [-0.4, -0.2) is 28.1 Å². The van der Waals surface area contributed by atoms with E-state index >= 15 is 0 Å². The van der Waals surface area contributed by atoms with Crippen molar-refractivity contribution in [3.05, 3.63) is 70.8 Å². The summed E-state index contributed by atoms with van der Waals surface area (Å²) in [5.74, 6) is -1.24. The number of aromatic nitrogens is 2. The molecule has 144 valence electrons. The maximum absolute atomic E-state index is 13.0. The van der Waals surface area contributed by atoms with Gasteiger partial charge in [0.2, 0.25) is 5.82 Å². The van der Waals surface area contributed by atoms with Crippen LogP contribution in [-0.2, 0) is 16.1 Å². The summed E-state index contributed by atoms with van der Waals surface area (Å²) < 4.78 is 23.1. The fraction of sp³-hybridized carbons (Fsp3) is 0.158. The molecule has 28 heavy (non-hydrogen) atoms. The molecule has 0 radical (unpaired) electrons. The van der Waals surface area contributed by atoms with Crippen molar-refractivity contribution in [1.29, 1.82) is 0 Å². The lowest BCUT2D eigenvalue weighted by Crippen LogP contribution is -2.39. The van der Waals surface area contributed by atoms with E-state index in [4.69, 9.17) is 20.9 Å². The Bertz CT molecular complexity index is 991. The van der Waals surface area contributed by atoms with Crippen molar-refractivity contribution >= 4 is 23.5 Å². The fourth-order valence-electron chi connectivity index (χ4n) is 2.26. The summed E-state index contributed by atoms with van der Waals surface area (Å²) in [5, 5.41) is 6.49. The molecule has 1 amide bonds. The van der Waals surface area contributed by atoms with Crippen LogP contribution in [0.1, 0.15) is 23.1 Å².